The van der Waals surface area contributed by atoms with Crippen molar-refractivity contribution in [1.82, 2.24) is 4.90 Å². The van der Waals surface area contributed by atoms with Gasteiger partial charge in [-0.1, -0.05) is 18.2 Å². The van der Waals surface area contributed by atoms with Gasteiger partial charge in [0.1, 0.15) is 5.82 Å². The fraction of sp³-hybridized carbons (Fsp3) is 0.312. The van der Waals surface area contributed by atoms with E-state index in [0.29, 0.717) is 26.2 Å². The van der Waals surface area contributed by atoms with Gasteiger partial charge in [-0.25, -0.2) is 4.39 Å². The number of hydrogen-bond donors (Lipinski definition) is 0. The average molecular weight is 305 g/mol. The number of thiophene rings is 1. The van der Waals surface area contributed by atoms with Crippen LogP contribution in [-0.2, 0) is 16.0 Å². The van der Waals surface area contributed by atoms with Crippen molar-refractivity contribution in [3.63, 3.8) is 0 Å². The molecule has 3 rings (SSSR count). The minimum Gasteiger partial charge on any atom is -0.377 e. The number of morpholine rings is 1. The summed E-state index contributed by atoms with van der Waals surface area (Å²) >= 11 is 1.59. The maximum absolute atomic E-state index is 13.1. The Labute approximate surface area is 127 Å². The van der Waals surface area contributed by atoms with Crippen LogP contribution in [0, 0.1) is 5.82 Å². The van der Waals surface area contributed by atoms with Gasteiger partial charge in [0, 0.05) is 11.4 Å². The summed E-state index contributed by atoms with van der Waals surface area (Å²) in [4.78, 5) is 15.4. The number of carbonyl (C=O) groups is 1. The van der Waals surface area contributed by atoms with E-state index >= 15 is 0 Å². The largest absolute Gasteiger partial charge is 0.377 e. The van der Waals surface area contributed by atoms with Crippen LogP contribution in [0.15, 0.2) is 41.8 Å². The number of ether oxygens (including phenoxy) is 1. The van der Waals surface area contributed by atoms with Crippen molar-refractivity contribution in [1.29, 1.82) is 0 Å². The van der Waals surface area contributed by atoms with Gasteiger partial charge in [-0.2, -0.15) is 0 Å². The monoisotopic (exact) mass is 305 g/mol. The maximum atomic E-state index is 13.1. The Morgan fingerprint density at radius 1 is 1.33 bits per heavy atom. The first-order chi connectivity index (χ1) is 10.2. The summed E-state index contributed by atoms with van der Waals surface area (Å²) in [5, 5.41) is 1.97. The summed E-state index contributed by atoms with van der Waals surface area (Å²) < 4.78 is 18.5. The fourth-order valence-electron chi connectivity index (χ4n) is 2.53. The Morgan fingerprint density at radius 2 is 2.14 bits per heavy atom. The molecule has 21 heavy (non-hydrogen) atoms. The zero-order valence-electron chi connectivity index (χ0n) is 11.5. The molecule has 1 atom stereocenters. The summed E-state index contributed by atoms with van der Waals surface area (Å²) in [6.07, 6.45) is 0.412. The molecule has 1 amide bonds. The number of rotatable bonds is 3. The van der Waals surface area contributed by atoms with Crippen LogP contribution in [0.4, 0.5) is 4.39 Å². The zero-order chi connectivity index (χ0) is 14.7. The van der Waals surface area contributed by atoms with E-state index in [9.17, 15) is 9.18 Å². The summed E-state index contributed by atoms with van der Waals surface area (Å²) in [5.41, 5.74) is 0.913. The van der Waals surface area contributed by atoms with Crippen molar-refractivity contribution in [2.24, 2.45) is 0 Å². The van der Waals surface area contributed by atoms with E-state index in [-0.39, 0.29) is 17.8 Å². The topological polar surface area (TPSA) is 29.5 Å². The summed E-state index contributed by atoms with van der Waals surface area (Å²) in [6, 6.07) is 10.1. The summed E-state index contributed by atoms with van der Waals surface area (Å²) in [7, 11) is 0. The van der Waals surface area contributed by atoms with Crippen LogP contribution in [0.1, 0.15) is 16.5 Å². The molecule has 5 heteroatoms. The second-order valence-electron chi connectivity index (χ2n) is 4.99. The quantitative estimate of drug-likeness (QED) is 0.872. The van der Waals surface area contributed by atoms with E-state index in [1.807, 2.05) is 22.4 Å². The second-order valence-corrected chi connectivity index (χ2v) is 6.02. The molecule has 110 valence electrons. The van der Waals surface area contributed by atoms with Crippen molar-refractivity contribution < 1.29 is 13.9 Å². The molecule has 1 unspecified atom stereocenters. The van der Waals surface area contributed by atoms with E-state index in [4.69, 9.17) is 4.74 Å². The highest BCUT2D eigenvalue weighted by Gasteiger charge is 2.28. The third-order valence-electron chi connectivity index (χ3n) is 3.61. The lowest BCUT2D eigenvalue weighted by molar-refractivity contribution is -0.139. The average Bonchev–Trinajstić information content (AvgIpc) is 3.01. The molecule has 1 aliphatic heterocycles. The molecule has 2 aromatic rings. The first kappa shape index (κ1) is 14.2. The van der Waals surface area contributed by atoms with Gasteiger partial charge in [0.2, 0.25) is 5.91 Å². The lowest BCUT2D eigenvalue weighted by Crippen LogP contribution is -2.44. The molecule has 0 aliphatic carbocycles. The Balaban J connectivity index is 1.77. The molecule has 2 heterocycles. The van der Waals surface area contributed by atoms with Crippen LogP contribution in [0.5, 0.6) is 0 Å². The van der Waals surface area contributed by atoms with Gasteiger partial charge in [0.15, 0.2) is 0 Å². The molecule has 0 radical (unpaired) electrons. The molecule has 3 nitrogen and oxygen atoms in total. The molecule has 0 spiro atoms. The van der Waals surface area contributed by atoms with Crippen molar-refractivity contribution in [2.75, 3.05) is 19.8 Å². The third kappa shape index (κ3) is 3.31. The first-order valence-electron chi connectivity index (χ1n) is 6.89. The van der Waals surface area contributed by atoms with Gasteiger partial charge < -0.3 is 9.64 Å². The number of benzene rings is 1. The van der Waals surface area contributed by atoms with E-state index in [2.05, 4.69) is 0 Å². The van der Waals surface area contributed by atoms with Crippen LogP contribution in [0.2, 0.25) is 0 Å². The van der Waals surface area contributed by atoms with Gasteiger partial charge in [0.05, 0.1) is 25.7 Å². The number of halogens is 1. The number of carbonyl (C=O) groups excluding carboxylic acids is 1. The van der Waals surface area contributed by atoms with Gasteiger partial charge in [-0.3, -0.25) is 4.79 Å². The minimum atomic E-state index is -0.271. The smallest absolute Gasteiger partial charge is 0.228 e. The zero-order valence-corrected chi connectivity index (χ0v) is 12.3. The molecule has 1 aromatic carbocycles. The molecule has 1 saturated heterocycles. The molecule has 0 saturated carbocycles. The number of nitrogens with zero attached hydrogens (tertiary/aromatic N) is 1. The standard InChI is InChI=1S/C16H16FNO2S/c17-13-5-3-12(4-6-13)15-11-20-8-7-18(15)16(19)10-14-2-1-9-21-14/h1-6,9,15H,7-8,10-11H2. The number of amides is 1. The van der Waals surface area contributed by atoms with Crippen LogP contribution in [0.3, 0.4) is 0 Å². The first-order valence-corrected chi connectivity index (χ1v) is 7.77. The van der Waals surface area contributed by atoms with Crippen molar-refractivity contribution in [2.45, 2.75) is 12.5 Å². The Kier molecular flexibility index (Phi) is 4.31. The van der Waals surface area contributed by atoms with Crippen LogP contribution < -0.4 is 0 Å². The Bertz CT molecular complexity index is 597. The van der Waals surface area contributed by atoms with E-state index in [1.165, 1.54) is 12.1 Å². The third-order valence-corrected chi connectivity index (χ3v) is 4.49. The Morgan fingerprint density at radius 3 is 2.86 bits per heavy atom. The van der Waals surface area contributed by atoms with E-state index < -0.39 is 0 Å². The van der Waals surface area contributed by atoms with Gasteiger partial charge >= 0.3 is 0 Å². The van der Waals surface area contributed by atoms with Crippen molar-refractivity contribution >= 4 is 17.2 Å². The van der Waals surface area contributed by atoms with Crippen LogP contribution >= 0.6 is 11.3 Å². The predicted octanol–water partition coefficient (Wildman–Crippen LogP) is 3.03. The van der Waals surface area contributed by atoms with E-state index in [1.54, 1.807) is 23.5 Å². The summed E-state index contributed by atoms with van der Waals surface area (Å²) in [5.74, 6) is -0.179. The molecule has 1 aromatic heterocycles. The highest BCUT2D eigenvalue weighted by molar-refractivity contribution is 7.10. The summed E-state index contributed by atoms with van der Waals surface area (Å²) in [6.45, 7) is 1.59. The van der Waals surface area contributed by atoms with Gasteiger partial charge in [0.25, 0.3) is 0 Å². The molecular formula is C16H16FNO2S. The van der Waals surface area contributed by atoms with Gasteiger partial charge in [-0.05, 0) is 29.1 Å². The molecular weight excluding hydrogens is 289 g/mol. The van der Waals surface area contributed by atoms with E-state index in [0.717, 1.165) is 10.4 Å². The van der Waals surface area contributed by atoms with Crippen LogP contribution in [-0.4, -0.2) is 30.6 Å². The lowest BCUT2D eigenvalue weighted by atomic mass is 10.0. The Hall–Kier alpha value is -1.72. The van der Waals surface area contributed by atoms with Crippen LogP contribution in [0.25, 0.3) is 0 Å². The maximum Gasteiger partial charge on any atom is 0.228 e. The molecule has 0 bridgehead atoms. The molecule has 0 N–H and O–H groups in total. The van der Waals surface area contributed by atoms with Crippen molar-refractivity contribution in [3.05, 3.63) is 58.0 Å². The fourth-order valence-corrected chi connectivity index (χ4v) is 3.22. The second kappa shape index (κ2) is 6.37. The highest BCUT2D eigenvalue weighted by Crippen LogP contribution is 2.25. The molecule has 1 fully saturated rings. The minimum absolute atomic E-state index is 0.0927. The normalized spacial score (nSPS) is 18.7. The number of hydrogen-bond acceptors (Lipinski definition) is 3. The van der Waals surface area contributed by atoms with Crippen molar-refractivity contribution in [3.8, 4) is 0 Å². The predicted molar refractivity (Wildman–Crippen MR) is 79.7 cm³/mol. The SMILES string of the molecule is O=C(Cc1cccs1)N1CCOCC1c1ccc(F)cc1. The lowest BCUT2D eigenvalue weighted by Gasteiger charge is -2.36. The van der Waals surface area contributed by atoms with Gasteiger partial charge in [-0.15, -0.1) is 11.3 Å². The highest BCUT2D eigenvalue weighted by atomic mass is 32.1. The molecule has 1 aliphatic rings.